The van der Waals surface area contributed by atoms with Gasteiger partial charge in [-0.25, -0.2) is 0 Å². The zero-order valence-electron chi connectivity index (χ0n) is 9.82. The van der Waals surface area contributed by atoms with Gasteiger partial charge in [0.1, 0.15) is 6.61 Å². The molecule has 0 radical (unpaired) electrons. The minimum atomic E-state index is -0.301. The average Bonchev–Trinajstić information content (AvgIpc) is 2.26. The summed E-state index contributed by atoms with van der Waals surface area (Å²) in [6, 6.07) is 0. The molecule has 90 valence electrons. The Balaban J connectivity index is 0. The molecule has 0 bridgehead atoms. The molecule has 0 unspecified atom stereocenters. The Hall–Kier alpha value is -0.940. The first-order valence-electron chi connectivity index (χ1n) is 4.77. The Kier molecular flexibility index (Phi) is 14.4. The molecule has 0 aromatic rings. The lowest BCUT2D eigenvalue weighted by molar-refractivity contribution is -0.145. The number of hydrogen-bond acceptors (Lipinski definition) is 5. The van der Waals surface area contributed by atoms with E-state index >= 15 is 0 Å². The van der Waals surface area contributed by atoms with Gasteiger partial charge in [-0.3, -0.25) is 9.59 Å². The normalized spacial score (nSPS) is 9.13. The van der Waals surface area contributed by atoms with Crippen molar-refractivity contribution < 1.29 is 23.8 Å². The Bertz CT molecular complexity index is 154. The summed E-state index contributed by atoms with van der Waals surface area (Å²) in [6.07, 6.45) is 1.66. The van der Waals surface area contributed by atoms with Crippen LogP contribution in [-0.2, 0) is 23.8 Å². The summed E-state index contributed by atoms with van der Waals surface area (Å²) in [6.45, 7) is 3.60. The minimum Gasteiger partial charge on any atom is -0.458 e. The molecule has 0 aliphatic heterocycles. The fourth-order valence-corrected chi connectivity index (χ4v) is 0.499. The number of rotatable bonds is 6. The second-order valence-corrected chi connectivity index (χ2v) is 2.64. The number of carbonyl (C=O) groups excluding carboxylic acids is 2. The molecule has 0 spiro atoms. The quantitative estimate of drug-likeness (QED) is 0.382. The highest BCUT2D eigenvalue weighted by Gasteiger charge is 1.97. The Morgan fingerprint density at radius 2 is 1.87 bits per heavy atom. The molecule has 5 heteroatoms. The van der Waals surface area contributed by atoms with Gasteiger partial charge < -0.3 is 14.2 Å². The van der Waals surface area contributed by atoms with Gasteiger partial charge in [-0.2, -0.15) is 0 Å². The number of ether oxygens (including phenoxy) is 3. The fourth-order valence-electron chi connectivity index (χ4n) is 0.499. The topological polar surface area (TPSA) is 61.8 Å². The Morgan fingerprint density at radius 3 is 2.13 bits per heavy atom. The van der Waals surface area contributed by atoms with Crippen molar-refractivity contribution in [3.05, 3.63) is 0 Å². The van der Waals surface area contributed by atoms with E-state index in [1.54, 1.807) is 14.2 Å². The third kappa shape index (κ3) is 15.8. The van der Waals surface area contributed by atoms with Crippen LogP contribution < -0.4 is 0 Å². The predicted octanol–water partition coefficient (Wildman–Crippen LogP) is 1.15. The maximum Gasteiger partial charge on any atom is 0.306 e. The van der Waals surface area contributed by atoms with Gasteiger partial charge in [0.2, 0.25) is 0 Å². The van der Waals surface area contributed by atoms with Crippen LogP contribution in [0.4, 0.5) is 0 Å². The zero-order valence-corrected chi connectivity index (χ0v) is 9.82. The van der Waals surface area contributed by atoms with Gasteiger partial charge in [-0.05, 0) is 13.3 Å². The van der Waals surface area contributed by atoms with Crippen molar-refractivity contribution in [3.8, 4) is 0 Å². The molecule has 0 aliphatic carbocycles. The number of methoxy groups -OCH3 is 2. The van der Waals surface area contributed by atoms with Crippen molar-refractivity contribution in [2.75, 3.05) is 20.8 Å². The van der Waals surface area contributed by atoms with Gasteiger partial charge in [0.25, 0.3) is 0 Å². The van der Waals surface area contributed by atoms with Crippen LogP contribution in [0.1, 0.15) is 26.7 Å². The van der Waals surface area contributed by atoms with E-state index < -0.39 is 0 Å². The molecule has 0 amide bonds. The number of esters is 1. The molecule has 0 atom stereocenters. The molecule has 0 saturated carbocycles. The van der Waals surface area contributed by atoms with E-state index in [1.165, 1.54) is 0 Å². The predicted molar refractivity (Wildman–Crippen MR) is 55.4 cm³/mol. The van der Waals surface area contributed by atoms with E-state index in [-0.39, 0.29) is 18.9 Å². The van der Waals surface area contributed by atoms with Crippen LogP contribution in [-0.4, -0.2) is 39.4 Å². The maximum absolute atomic E-state index is 10.4. The van der Waals surface area contributed by atoms with Gasteiger partial charge in [0, 0.05) is 20.6 Å². The molecule has 0 N–H and O–H groups in total. The summed E-state index contributed by atoms with van der Waals surface area (Å²) in [5.74, 6) is -0.301. The van der Waals surface area contributed by atoms with Gasteiger partial charge in [0.05, 0.1) is 0 Å². The molecule has 0 heterocycles. The van der Waals surface area contributed by atoms with Crippen molar-refractivity contribution >= 4 is 12.3 Å². The lowest BCUT2D eigenvalue weighted by atomic mass is 10.3. The van der Waals surface area contributed by atoms with Crippen molar-refractivity contribution in [2.45, 2.75) is 33.0 Å². The molecular formula is C10H20O5. The fraction of sp³-hybridized carbons (Fsp3) is 0.800. The Labute approximate surface area is 90.7 Å². The molecule has 0 aromatic heterocycles. The minimum absolute atomic E-state index is 0.0648. The molecule has 5 nitrogen and oxygen atoms in total. The highest BCUT2D eigenvalue weighted by molar-refractivity contribution is 5.71. The lowest BCUT2D eigenvalue weighted by Gasteiger charge is -2.03. The van der Waals surface area contributed by atoms with E-state index in [2.05, 4.69) is 14.2 Å². The first kappa shape index (κ1) is 16.5. The lowest BCUT2D eigenvalue weighted by Crippen LogP contribution is -2.05. The van der Waals surface area contributed by atoms with E-state index in [0.29, 0.717) is 12.7 Å². The summed E-state index contributed by atoms with van der Waals surface area (Å²) < 4.78 is 13.8. The summed E-state index contributed by atoms with van der Waals surface area (Å²) in [7, 11) is 3.21. The number of hydrogen-bond donors (Lipinski definition) is 0. The number of aldehydes is 1. The van der Waals surface area contributed by atoms with Gasteiger partial charge in [-0.15, -0.1) is 0 Å². The molecule has 0 saturated heterocycles. The third-order valence-electron chi connectivity index (χ3n) is 1.43. The monoisotopic (exact) mass is 220 g/mol. The summed E-state index contributed by atoms with van der Waals surface area (Å²) in [4.78, 5) is 20.1. The van der Waals surface area contributed by atoms with Gasteiger partial charge in [-0.1, -0.05) is 6.92 Å². The first-order chi connectivity index (χ1) is 7.12. The summed E-state index contributed by atoms with van der Waals surface area (Å²) in [5, 5.41) is 0. The summed E-state index contributed by atoms with van der Waals surface area (Å²) >= 11 is 0. The van der Waals surface area contributed by atoms with E-state index in [0.717, 1.165) is 6.42 Å². The second-order valence-electron chi connectivity index (χ2n) is 2.64. The van der Waals surface area contributed by atoms with Gasteiger partial charge >= 0.3 is 5.97 Å². The van der Waals surface area contributed by atoms with E-state index in [1.807, 2.05) is 13.8 Å². The van der Waals surface area contributed by atoms with Crippen molar-refractivity contribution in [1.82, 2.24) is 0 Å². The molecule has 0 rings (SSSR count). The van der Waals surface area contributed by atoms with Crippen LogP contribution in [0.2, 0.25) is 0 Å². The third-order valence-corrected chi connectivity index (χ3v) is 1.43. The highest BCUT2D eigenvalue weighted by Crippen LogP contribution is 1.88. The van der Waals surface area contributed by atoms with Crippen LogP contribution in [0, 0.1) is 0 Å². The average molecular weight is 220 g/mol. The van der Waals surface area contributed by atoms with Crippen molar-refractivity contribution in [2.24, 2.45) is 0 Å². The van der Waals surface area contributed by atoms with Crippen LogP contribution >= 0.6 is 0 Å². The van der Waals surface area contributed by atoms with E-state index in [9.17, 15) is 9.59 Å². The van der Waals surface area contributed by atoms with Crippen LogP contribution in [0.3, 0.4) is 0 Å². The largest absolute Gasteiger partial charge is 0.458 e. The second kappa shape index (κ2) is 13.1. The highest BCUT2D eigenvalue weighted by atomic mass is 16.7. The SMILES string of the molecule is CCCC(=O)OCC=O.COC(C)OC. The first-order valence-corrected chi connectivity index (χ1v) is 4.77. The molecular weight excluding hydrogens is 200 g/mol. The number of carbonyl (C=O) groups is 2. The van der Waals surface area contributed by atoms with Gasteiger partial charge in [0.15, 0.2) is 12.6 Å². The molecule has 0 aliphatic rings. The van der Waals surface area contributed by atoms with E-state index in [4.69, 9.17) is 0 Å². The van der Waals surface area contributed by atoms with Crippen molar-refractivity contribution in [3.63, 3.8) is 0 Å². The molecule has 0 fully saturated rings. The molecule has 0 aromatic carbocycles. The zero-order chi connectivity index (χ0) is 12.1. The maximum atomic E-state index is 10.4. The molecule has 15 heavy (non-hydrogen) atoms. The standard InChI is InChI=1S/C6H10O3.C4H10O2/c1-2-3-6(8)9-5-4-7;1-4(5-2)6-3/h4H,2-3,5H2,1H3;4H,1-3H3. The summed E-state index contributed by atoms with van der Waals surface area (Å²) in [5.41, 5.74) is 0. The van der Waals surface area contributed by atoms with Crippen LogP contribution in [0.5, 0.6) is 0 Å². The smallest absolute Gasteiger partial charge is 0.306 e. The van der Waals surface area contributed by atoms with Crippen LogP contribution in [0.25, 0.3) is 0 Å². The van der Waals surface area contributed by atoms with Crippen LogP contribution in [0.15, 0.2) is 0 Å². The van der Waals surface area contributed by atoms with Crippen molar-refractivity contribution in [1.29, 1.82) is 0 Å². The Morgan fingerprint density at radius 1 is 1.33 bits per heavy atom.